The van der Waals surface area contributed by atoms with Gasteiger partial charge in [0.05, 0.1) is 0 Å². The normalized spacial score (nSPS) is 20.7. The molecule has 1 atom stereocenters. The van der Waals surface area contributed by atoms with Crippen LogP contribution in [0.15, 0.2) is 24.3 Å². The Morgan fingerprint density at radius 2 is 2.33 bits per heavy atom. The second kappa shape index (κ2) is 4.70. The lowest BCUT2D eigenvalue weighted by Crippen LogP contribution is -2.32. The van der Waals surface area contributed by atoms with Gasteiger partial charge in [-0.1, -0.05) is 17.7 Å². The predicted octanol–water partition coefficient (Wildman–Crippen LogP) is 3.09. The van der Waals surface area contributed by atoms with E-state index >= 15 is 0 Å². The van der Waals surface area contributed by atoms with Crippen molar-refractivity contribution in [2.45, 2.75) is 18.3 Å². The van der Waals surface area contributed by atoms with E-state index in [4.69, 9.17) is 11.6 Å². The van der Waals surface area contributed by atoms with Crippen molar-refractivity contribution in [1.82, 2.24) is 4.90 Å². The fraction of sp³-hybridized carbons (Fsp3) is 0.364. The molecular formula is C11H11ClINO. The number of alkyl halides is 1. The van der Waals surface area contributed by atoms with Crippen molar-refractivity contribution in [2.75, 3.05) is 6.54 Å². The van der Waals surface area contributed by atoms with Gasteiger partial charge in [0.25, 0.3) is 5.91 Å². The molecule has 2 rings (SSSR count). The minimum absolute atomic E-state index is 0.0472. The summed E-state index contributed by atoms with van der Waals surface area (Å²) in [5, 5.41) is 0. The Labute approximate surface area is 108 Å². The molecule has 0 aromatic heterocycles. The molecule has 0 spiro atoms. The van der Waals surface area contributed by atoms with Crippen LogP contribution in [0.25, 0.3) is 0 Å². The molecule has 1 unspecified atom stereocenters. The molecule has 1 aromatic carbocycles. The molecule has 1 fully saturated rings. The number of hydrogen-bond donors (Lipinski definition) is 0. The Kier molecular flexibility index (Phi) is 3.51. The van der Waals surface area contributed by atoms with E-state index in [1.807, 2.05) is 24.3 Å². The third kappa shape index (κ3) is 2.45. The number of carbonyl (C=O) groups is 1. The van der Waals surface area contributed by atoms with Crippen LogP contribution in [0.2, 0.25) is 0 Å². The molecule has 0 aliphatic carbocycles. The molecule has 1 heterocycles. The highest BCUT2D eigenvalue weighted by Gasteiger charge is 2.27. The third-order valence-electron chi connectivity index (χ3n) is 2.51. The van der Waals surface area contributed by atoms with Crippen LogP contribution >= 0.6 is 34.2 Å². The van der Waals surface area contributed by atoms with Crippen LogP contribution in [-0.4, -0.2) is 22.9 Å². The summed E-state index contributed by atoms with van der Waals surface area (Å²) < 4.78 is 1.07. The average Bonchev–Trinajstić information content (AvgIpc) is 2.63. The molecule has 2 nitrogen and oxygen atoms in total. The monoisotopic (exact) mass is 335 g/mol. The molecule has 1 aliphatic rings. The van der Waals surface area contributed by atoms with Gasteiger partial charge in [-0.15, -0.1) is 0 Å². The molecule has 0 bridgehead atoms. The number of carbonyl (C=O) groups excluding carboxylic acids is 1. The summed E-state index contributed by atoms with van der Waals surface area (Å²) in [5.74, 6) is 0.0472. The van der Waals surface area contributed by atoms with Gasteiger partial charge < -0.3 is 4.90 Å². The van der Waals surface area contributed by atoms with Crippen LogP contribution in [0.5, 0.6) is 0 Å². The number of benzene rings is 1. The van der Waals surface area contributed by atoms with E-state index in [1.165, 1.54) is 0 Å². The highest BCUT2D eigenvalue weighted by molar-refractivity contribution is 14.1. The lowest BCUT2D eigenvalue weighted by atomic mass is 10.2. The molecule has 15 heavy (non-hydrogen) atoms. The molecule has 80 valence electrons. The average molecular weight is 336 g/mol. The first-order valence-corrected chi connectivity index (χ1v) is 6.40. The van der Waals surface area contributed by atoms with Gasteiger partial charge in [0.15, 0.2) is 0 Å². The van der Waals surface area contributed by atoms with Gasteiger partial charge in [0, 0.05) is 15.7 Å². The van der Waals surface area contributed by atoms with Crippen LogP contribution in [0, 0.1) is 3.57 Å². The van der Waals surface area contributed by atoms with Gasteiger partial charge in [0.2, 0.25) is 0 Å². The number of amides is 1. The van der Waals surface area contributed by atoms with E-state index in [1.54, 1.807) is 4.90 Å². The van der Waals surface area contributed by atoms with Crippen LogP contribution < -0.4 is 0 Å². The highest BCUT2D eigenvalue weighted by atomic mass is 127. The van der Waals surface area contributed by atoms with E-state index in [9.17, 15) is 4.79 Å². The number of rotatable bonds is 1. The van der Waals surface area contributed by atoms with Crippen molar-refractivity contribution in [2.24, 2.45) is 0 Å². The van der Waals surface area contributed by atoms with Gasteiger partial charge >= 0.3 is 0 Å². The van der Waals surface area contributed by atoms with Crippen molar-refractivity contribution in [3.05, 3.63) is 33.4 Å². The Bertz CT molecular complexity index is 383. The number of hydrogen-bond acceptors (Lipinski definition) is 1. The molecular weight excluding hydrogens is 324 g/mol. The standard InChI is InChI=1S/C11H11ClINO/c12-10-5-2-6-14(10)11(15)8-3-1-4-9(13)7-8/h1,3-4,7,10H,2,5-6H2. The van der Waals surface area contributed by atoms with Crippen LogP contribution in [0.4, 0.5) is 0 Å². The zero-order chi connectivity index (χ0) is 10.8. The first-order valence-electron chi connectivity index (χ1n) is 4.89. The van der Waals surface area contributed by atoms with Crippen LogP contribution in [0.3, 0.4) is 0 Å². The Morgan fingerprint density at radius 3 is 2.93 bits per heavy atom. The highest BCUT2D eigenvalue weighted by Crippen LogP contribution is 2.23. The quantitative estimate of drug-likeness (QED) is 0.439. The first kappa shape index (κ1) is 11.2. The van der Waals surface area contributed by atoms with E-state index in [-0.39, 0.29) is 11.4 Å². The second-order valence-electron chi connectivity index (χ2n) is 3.59. The second-order valence-corrected chi connectivity index (χ2v) is 5.34. The maximum Gasteiger partial charge on any atom is 0.255 e. The Hall–Kier alpha value is -0.290. The van der Waals surface area contributed by atoms with Gasteiger partial charge in [-0.05, 0) is 53.6 Å². The third-order valence-corrected chi connectivity index (χ3v) is 3.64. The molecule has 1 aromatic rings. The molecule has 1 aliphatic heterocycles. The fourth-order valence-electron chi connectivity index (χ4n) is 1.74. The molecule has 0 saturated carbocycles. The van der Waals surface area contributed by atoms with Gasteiger partial charge in [-0.2, -0.15) is 0 Å². The summed E-state index contributed by atoms with van der Waals surface area (Å²) in [6.07, 6.45) is 1.90. The minimum Gasteiger partial charge on any atom is -0.322 e. The van der Waals surface area contributed by atoms with E-state index in [2.05, 4.69) is 22.6 Å². The van der Waals surface area contributed by atoms with Crippen LogP contribution in [-0.2, 0) is 0 Å². The van der Waals surface area contributed by atoms with Gasteiger partial charge in [0.1, 0.15) is 5.50 Å². The number of nitrogens with zero attached hydrogens (tertiary/aromatic N) is 1. The van der Waals surface area contributed by atoms with E-state index in [0.717, 1.165) is 28.5 Å². The topological polar surface area (TPSA) is 20.3 Å². The lowest BCUT2D eigenvalue weighted by Gasteiger charge is -2.19. The molecule has 1 saturated heterocycles. The zero-order valence-corrected chi connectivity index (χ0v) is 11.0. The van der Waals surface area contributed by atoms with Crippen LogP contribution in [0.1, 0.15) is 23.2 Å². The minimum atomic E-state index is -0.129. The van der Waals surface area contributed by atoms with Crippen molar-refractivity contribution < 1.29 is 4.79 Å². The largest absolute Gasteiger partial charge is 0.322 e. The fourth-order valence-corrected chi connectivity index (χ4v) is 2.63. The van der Waals surface area contributed by atoms with Gasteiger partial charge in [-0.3, -0.25) is 4.79 Å². The molecule has 0 radical (unpaired) electrons. The SMILES string of the molecule is O=C(c1cccc(I)c1)N1CCCC1Cl. The molecule has 4 heteroatoms. The summed E-state index contributed by atoms with van der Waals surface area (Å²) in [7, 11) is 0. The maximum atomic E-state index is 12.0. The summed E-state index contributed by atoms with van der Waals surface area (Å²) in [6, 6.07) is 7.60. The Morgan fingerprint density at radius 1 is 1.53 bits per heavy atom. The zero-order valence-electron chi connectivity index (χ0n) is 8.12. The summed E-state index contributed by atoms with van der Waals surface area (Å²) in [6.45, 7) is 0.776. The number of likely N-dealkylation sites (tertiary alicyclic amines) is 1. The van der Waals surface area contributed by atoms with Crippen molar-refractivity contribution in [3.8, 4) is 0 Å². The maximum absolute atomic E-state index is 12.0. The van der Waals surface area contributed by atoms with Gasteiger partial charge in [-0.25, -0.2) is 0 Å². The molecule has 0 N–H and O–H groups in total. The summed E-state index contributed by atoms with van der Waals surface area (Å²) in [4.78, 5) is 13.8. The smallest absolute Gasteiger partial charge is 0.255 e. The number of halogens is 2. The Balaban J connectivity index is 2.20. The molecule has 1 amide bonds. The summed E-state index contributed by atoms with van der Waals surface area (Å²) in [5.41, 5.74) is 0.602. The van der Waals surface area contributed by atoms with Crippen molar-refractivity contribution >= 4 is 40.1 Å². The van der Waals surface area contributed by atoms with Crippen molar-refractivity contribution in [3.63, 3.8) is 0 Å². The lowest BCUT2D eigenvalue weighted by molar-refractivity contribution is 0.0776. The van der Waals surface area contributed by atoms with E-state index in [0.29, 0.717) is 0 Å². The predicted molar refractivity (Wildman–Crippen MR) is 69.1 cm³/mol. The summed E-state index contributed by atoms with van der Waals surface area (Å²) >= 11 is 8.27. The van der Waals surface area contributed by atoms with Crippen molar-refractivity contribution in [1.29, 1.82) is 0 Å². The first-order chi connectivity index (χ1) is 7.18. The van der Waals surface area contributed by atoms with E-state index < -0.39 is 0 Å².